The van der Waals surface area contributed by atoms with Crippen molar-refractivity contribution in [3.8, 4) is 12.3 Å². The molecule has 0 aliphatic carbocycles. The lowest BCUT2D eigenvalue weighted by molar-refractivity contribution is -0.340. The third-order valence-electron chi connectivity index (χ3n) is 8.20. The van der Waals surface area contributed by atoms with Gasteiger partial charge in [-0.1, -0.05) is 71.1 Å². The molecule has 0 radical (unpaired) electrons. The topological polar surface area (TPSA) is 44.8 Å². The average molecular weight is 489 g/mol. The minimum Gasteiger partial charge on any atom is -0.408 e. The largest absolute Gasteiger partial charge is 0.408 e. The second-order valence-electron chi connectivity index (χ2n) is 12.0. The number of hydrogen-bond donors (Lipinski definition) is 0. The van der Waals surface area contributed by atoms with Crippen LogP contribution in [-0.2, 0) is 18.7 Å². The summed E-state index contributed by atoms with van der Waals surface area (Å²) in [6, 6.07) is 0. The Morgan fingerprint density at radius 1 is 1.24 bits per heavy atom. The highest BCUT2D eigenvalue weighted by molar-refractivity contribution is 6.74. The van der Waals surface area contributed by atoms with Gasteiger partial charge >= 0.3 is 0 Å². The van der Waals surface area contributed by atoms with Crippen LogP contribution in [0, 0.1) is 18.3 Å². The van der Waals surface area contributed by atoms with Gasteiger partial charge in [0.25, 0.3) is 0 Å². The minimum absolute atomic E-state index is 0.0659. The van der Waals surface area contributed by atoms with Gasteiger partial charge in [-0.05, 0) is 62.7 Å². The summed E-state index contributed by atoms with van der Waals surface area (Å²) in [7, 11) is -2.05. The van der Waals surface area contributed by atoms with E-state index < -0.39 is 25.8 Å². The van der Waals surface area contributed by atoms with Gasteiger partial charge in [-0.15, -0.1) is 6.42 Å². The van der Waals surface area contributed by atoms with Gasteiger partial charge in [-0.25, -0.2) is 0 Å². The van der Waals surface area contributed by atoms with E-state index in [1.54, 1.807) is 0 Å². The van der Waals surface area contributed by atoms with Gasteiger partial charge in [0.05, 0.1) is 11.7 Å². The number of ether oxygens (including phenoxy) is 2. The lowest BCUT2D eigenvalue weighted by Gasteiger charge is -2.55. The Labute approximate surface area is 210 Å². The number of carbonyl (C=O) groups is 1. The molecule has 192 valence electrons. The molecule has 4 nitrogen and oxygen atoms in total. The zero-order valence-electron chi connectivity index (χ0n) is 22.9. The van der Waals surface area contributed by atoms with Crippen LogP contribution >= 0.6 is 0 Å². The lowest BCUT2D eigenvalue weighted by atomic mass is 9.79. The predicted octanol–water partition coefficient (Wildman–Crippen LogP) is 7.35. The Morgan fingerprint density at radius 3 is 2.53 bits per heavy atom. The van der Waals surface area contributed by atoms with Crippen LogP contribution in [0.25, 0.3) is 0 Å². The number of hydrogen-bond acceptors (Lipinski definition) is 4. The third-order valence-corrected chi connectivity index (χ3v) is 12.7. The molecule has 2 aliphatic heterocycles. The molecule has 2 saturated heterocycles. The Kier molecular flexibility index (Phi) is 9.99. The molecule has 0 aromatic rings. The monoisotopic (exact) mass is 488 g/mol. The SMILES string of the molecule is C#C[C@@H]1O[C@@]2(CCC(C)[C@@H](C/C=C(C)/C=C/C=O)O2)CC[C@@]1(CCCC)O[Si](C)(C)C(C)(C)C. The highest BCUT2D eigenvalue weighted by Crippen LogP contribution is 2.50. The molecule has 0 aromatic carbocycles. The molecular weight excluding hydrogens is 440 g/mol. The van der Waals surface area contributed by atoms with Gasteiger partial charge in [0.2, 0.25) is 0 Å². The fourth-order valence-corrected chi connectivity index (χ4v) is 6.48. The first kappa shape index (κ1) is 29.0. The van der Waals surface area contributed by atoms with Crippen LogP contribution in [0.1, 0.15) is 92.9 Å². The summed E-state index contributed by atoms with van der Waals surface area (Å²) < 4.78 is 20.6. The Balaban J connectivity index is 2.26. The summed E-state index contributed by atoms with van der Waals surface area (Å²) in [6.07, 6.45) is 19.6. The maximum absolute atomic E-state index is 10.6. The van der Waals surface area contributed by atoms with Crippen LogP contribution in [0.2, 0.25) is 18.1 Å². The molecule has 0 aromatic heterocycles. The molecule has 2 rings (SSSR count). The zero-order chi connectivity index (χ0) is 25.6. The molecule has 2 heterocycles. The summed E-state index contributed by atoms with van der Waals surface area (Å²) in [6.45, 7) is 17.9. The second-order valence-corrected chi connectivity index (χ2v) is 16.7. The van der Waals surface area contributed by atoms with E-state index in [-0.39, 0.29) is 11.1 Å². The van der Waals surface area contributed by atoms with Crippen LogP contribution < -0.4 is 0 Å². The molecule has 2 aliphatic rings. The Hall–Kier alpha value is -1.19. The first-order valence-electron chi connectivity index (χ1n) is 13.1. The van der Waals surface area contributed by atoms with Gasteiger partial charge in [-0.3, -0.25) is 4.79 Å². The van der Waals surface area contributed by atoms with Crippen molar-refractivity contribution in [2.24, 2.45) is 5.92 Å². The van der Waals surface area contributed by atoms with Crippen molar-refractivity contribution in [1.29, 1.82) is 0 Å². The number of rotatable bonds is 9. The fraction of sp³-hybridized carbons (Fsp3) is 0.759. The fourth-order valence-electron chi connectivity index (χ4n) is 4.85. The van der Waals surface area contributed by atoms with Crippen molar-refractivity contribution < 1.29 is 18.7 Å². The molecule has 0 N–H and O–H groups in total. The van der Waals surface area contributed by atoms with E-state index in [1.807, 2.05) is 13.0 Å². The molecule has 0 amide bonds. The molecule has 5 heteroatoms. The molecule has 1 unspecified atom stereocenters. The van der Waals surface area contributed by atoms with Gasteiger partial charge < -0.3 is 13.9 Å². The Bertz CT molecular complexity index is 787. The summed E-state index contributed by atoms with van der Waals surface area (Å²) in [5, 5.41) is 0.102. The normalized spacial score (nSPS) is 33.3. The number of unbranched alkanes of at least 4 members (excludes halogenated alkanes) is 1. The van der Waals surface area contributed by atoms with Crippen LogP contribution in [0.4, 0.5) is 0 Å². The van der Waals surface area contributed by atoms with E-state index in [0.717, 1.165) is 63.2 Å². The highest BCUT2D eigenvalue weighted by atomic mass is 28.4. The van der Waals surface area contributed by atoms with Crippen molar-refractivity contribution >= 4 is 14.6 Å². The summed E-state index contributed by atoms with van der Waals surface area (Å²) in [4.78, 5) is 10.6. The number of aldehydes is 1. The van der Waals surface area contributed by atoms with Crippen molar-refractivity contribution in [1.82, 2.24) is 0 Å². The molecule has 2 fully saturated rings. The van der Waals surface area contributed by atoms with Crippen LogP contribution in [-0.4, -0.2) is 38.2 Å². The average Bonchev–Trinajstić information content (AvgIpc) is 2.77. The van der Waals surface area contributed by atoms with E-state index in [1.165, 1.54) is 6.08 Å². The van der Waals surface area contributed by atoms with E-state index >= 15 is 0 Å². The van der Waals surface area contributed by atoms with Gasteiger partial charge in [-0.2, -0.15) is 0 Å². The smallest absolute Gasteiger partial charge is 0.193 e. The summed E-state index contributed by atoms with van der Waals surface area (Å²) in [5.41, 5.74) is 0.617. The molecule has 0 bridgehead atoms. The van der Waals surface area contributed by atoms with Crippen molar-refractivity contribution in [3.63, 3.8) is 0 Å². The summed E-state index contributed by atoms with van der Waals surface area (Å²) >= 11 is 0. The van der Waals surface area contributed by atoms with Gasteiger partial charge in [0.1, 0.15) is 12.4 Å². The Morgan fingerprint density at radius 2 is 1.94 bits per heavy atom. The number of allylic oxidation sites excluding steroid dienone is 3. The van der Waals surface area contributed by atoms with E-state index in [2.05, 4.69) is 59.7 Å². The lowest BCUT2D eigenvalue weighted by Crippen LogP contribution is -2.62. The number of terminal acetylenes is 1. The molecular formula is C29H48O4Si. The van der Waals surface area contributed by atoms with Crippen LogP contribution in [0.5, 0.6) is 0 Å². The van der Waals surface area contributed by atoms with Crippen LogP contribution in [0.3, 0.4) is 0 Å². The quantitative estimate of drug-likeness (QED) is 0.112. The van der Waals surface area contributed by atoms with E-state index in [0.29, 0.717) is 5.92 Å². The van der Waals surface area contributed by atoms with Crippen molar-refractivity contribution in [3.05, 3.63) is 23.8 Å². The second kappa shape index (κ2) is 11.7. The van der Waals surface area contributed by atoms with Gasteiger partial charge in [0.15, 0.2) is 14.1 Å². The number of carbonyl (C=O) groups excluding carboxylic acids is 1. The van der Waals surface area contributed by atoms with Gasteiger partial charge in [0, 0.05) is 12.8 Å². The maximum Gasteiger partial charge on any atom is 0.193 e. The molecule has 1 spiro atoms. The zero-order valence-corrected chi connectivity index (χ0v) is 23.9. The standard InChI is InChI=1S/C29H48O4Si/c1-10-12-18-28(33-34(8,9)27(5,6)7)20-21-29(32-26(28)11-2)19-17-24(4)25(31-29)16-15-23(3)14-13-22-30/h2,13-15,22,24-26H,10,12,16-21H2,1,3-9H3/b14-13+,23-15+/t24?,25-,26+,28-,29+/m1/s1. The van der Waals surface area contributed by atoms with E-state index in [4.69, 9.17) is 20.3 Å². The maximum atomic E-state index is 10.6. The van der Waals surface area contributed by atoms with Crippen molar-refractivity contribution in [2.75, 3.05) is 0 Å². The minimum atomic E-state index is -2.05. The third kappa shape index (κ3) is 6.94. The highest BCUT2D eigenvalue weighted by Gasteiger charge is 2.56. The predicted molar refractivity (Wildman–Crippen MR) is 143 cm³/mol. The molecule has 5 atom stereocenters. The van der Waals surface area contributed by atoms with E-state index in [9.17, 15) is 4.79 Å². The summed E-state index contributed by atoms with van der Waals surface area (Å²) in [5.74, 6) is 2.79. The first-order valence-corrected chi connectivity index (χ1v) is 16.0. The van der Waals surface area contributed by atoms with Crippen LogP contribution in [0.15, 0.2) is 23.8 Å². The molecule has 0 saturated carbocycles. The van der Waals surface area contributed by atoms with Crippen molar-refractivity contribution in [2.45, 2.75) is 135 Å². The first-order chi connectivity index (χ1) is 15.8. The molecule has 34 heavy (non-hydrogen) atoms.